The van der Waals surface area contributed by atoms with Gasteiger partial charge in [0, 0.05) is 12.1 Å². The van der Waals surface area contributed by atoms with E-state index in [1.807, 2.05) is 72.8 Å². The average molecular weight is 597 g/mol. The fraction of sp³-hybridized carbons (Fsp3) is 0.229. The number of imide groups is 1. The molecule has 5 rings (SSSR count). The van der Waals surface area contributed by atoms with Crippen molar-refractivity contribution in [1.29, 1.82) is 0 Å². The van der Waals surface area contributed by atoms with Crippen LogP contribution >= 0.6 is 0 Å². The molecule has 2 unspecified atom stereocenters. The third-order valence-corrected chi connectivity index (χ3v) is 7.56. The lowest BCUT2D eigenvalue weighted by atomic mass is 9.87. The van der Waals surface area contributed by atoms with Crippen molar-refractivity contribution in [3.63, 3.8) is 0 Å². The molecular formula is C35H33FN2O6. The van der Waals surface area contributed by atoms with Gasteiger partial charge in [0.25, 0.3) is 0 Å². The minimum absolute atomic E-state index is 0.0157. The van der Waals surface area contributed by atoms with Crippen molar-refractivity contribution in [2.75, 3.05) is 19.0 Å². The summed E-state index contributed by atoms with van der Waals surface area (Å²) in [6, 6.07) is 30.6. The van der Waals surface area contributed by atoms with Gasteiger partial charge in [0.15, 0.2) is 0 Å². The van der Waals surface area contributed by atoms with Gasteiger partial charge in [-0.2, -0.15) is 0 Å². The fourth-order valence-corrected chi connectivity index (χ4v) is 5.23. The molecule has 0 aromatic heterocycles. The molecule has 0 spiro atoms. The summed E-state index contributed by atoms with van der Waals surface area (Å²) in [6.45, 7) is 0.400. The van der Waals surface area contributed by atoms with Crippen LogP contribution in [-0.2, 0) is 25.7 Å². The van der Waals surface area contributed by atoms with Crippen LogP contribution in [0.15, 0.2) is 109 Å². The molecule has 9 heteroatoms. The van der Waals surface area contributed by atoms with Gasteiger partial charge in [0.2, 0.25) is 5.91 Å². The zero-order chi connectivity index (χ0) is 30.9. The van der Waals surface area contributed by atoms with Crippen molar-refractivity contribution in [1.82, 2.24) is 4.90 Å². The summed E-state index contributed by atoms with van der Waals surface area (Å²) in [5, 5.41) is 3.36. The van der Waals surface area contributed by atoms with Crippen molar-refractivity contribution in [3.05, 3.63) is 132 Å². The third-order valence-electron chi connectivity index (χ3n) is 7.56. The monoisotopic (exact) mass is 596 g/mol. The molecule has 1 N–H and O–H groups in total. The van der Waals surface area contributed by atoms with E-state index >= 15 is 0 Å². The number of esters is 1. The minimum Gasteiger partial charge on any atom is -0.489 e. The van der Waals surface area contributed by atoms with E-state index in [1.54, 1.807) is 24.3 Å². The highest BCUT2D eigenvalue weighted by Crippen LogP contribution is 2.37. The van der Waals surface area contributed by atoms with Crippen LogP contribution < -0.4 is 10.1 Å². The first-order valence-electron chi connectivity index (χ1n) is 14.3. The predicted octanol–water partition coefficient (Wildman–Crippen LogP) is 6.85. The minimum atomic E-state index is -0.910. The highest BCUT2D eigenvalue weighted by Gasteiger charge is 2.44. The highest BCUT2D eigenvalue weighted by atomic mass is 19.1. The molecule has 0 saturated carbocycles. The van der Waals surface area contributed by atoms with Crippen molar-refractivity contribution in [2.24, 2.45) is 5.92 Å². The Morgan fingerprint density at radius 1 is 0.932 bits per heavy atom. The molecule has 0 radical (unpaired) electrons. The number of benzene rings is 4. The van der Waals surface area contributed by atoms with Gasteiger partial charge in [0.1, 0.15) is 30.8 Å². The van der Waals surface area contributed by atoms with Crippen LogP contribution in [0.3, 0.4) is 0 Å². The number of hydrogen-bond donors (Lipinski definition) is 1. The lowest BCUT2D eigenvalue weighted by Crippen LogP contribution is -2.42. The number of cyclic esters (lactones) is 1. The first-order valence-corrected chi connectivity index (χ1v) is 14.3. The SMILES string of the molecule is COC(=O)CCC(C(=O)N1C(=O)OC[C@@H]1c1ccccc1)C(Nc1ccc(F)cc1)c1ccc(OCc2ccccc2)cc1. The lowest BCUT2D eigenvalue weighted by molar-refractivity contribution is -0.141. The maximum Gasteiger partial charge on any atom is 0.417 e. The Balaban J connectivity index is 1.48. The van der Waals surface area contributed by atoms with E-state index < -0.39 is 41.8 Å². The summed E-state index contributed by atoms with van der Waals surface area (Å²) in [4.78, 5) is 40.8. The molecule has 1 aliphatic rings. The maximum absolute atomic E-state index is 14.4. The van der Waals surface area contributed by atoms with Crippen LogP contribution in [0.5, 0.6) is 5.75 Å². The number of anilines is 1. The number of halogens is 1. The molecule has 4 aromatic carbocycles. The highest BCUT2D eigenvalue weighted by molar-refractivity contribution is 5.95. The molecule has 8 nitrogen and oxygen atoms in total. The Bertz CT molecular complexity index is 1550. The van der Waals surface area contributed by atoms with Gasteiger partial charge in [-0.1, -0.05) is 72.8 Å². The van der Waals surface area contributed by atoms with E-state index in [0.717, 1.165) is 16.0 Å². The summed E-state index contributed by atoms with van der Waals surface area (Å²) in [5.74, 6) is -1.68. The molecule has 44 heavy (non-hydrogen) atoms. The van der Waals surface area contributed by atoms with Gasteiger partial charge in [0.05, 0.1) is 19.1 Å². The number of hydrogen-bond acceptors (Lipinski definition) is 7. The molecule has 1 aliphatic heterocycles. The topological polar surface area (TPSA) is 94.2 Å². The van der Waals surface area contributed by atoms with Gasteiger partial charge in [-0.15, -0.1) is 0 Å². The summed E-state index contributed by atoms with van der Waals surface area (Å²) < 4.78 is 29.9. The maximum atomic E-state index is 14.4. The Morgan fingerprint density at radius 2 is 1.59 bits per heavy atom. The normalized spacial score (nSPS) is 15.6. The molecule has 0 aliphatic carbocycles. The molecule has 1 fully saturated rings. The Hall–Kier alpha value is -5.18. The second-order valence-electron chi connectivity index (χ2n) is 10.4. The van der Waals surface area contributed by atoms with Gasteiger partial charge < -0.3 is 19.5 Å². The van der Waals surface area contributed by atoms with Crippen LogP contribution in [0.4, 0.5) is 14.9 Å². The molecule has 2 amide bonds. The number of carbonyl (C=O) groups is 3. The number of methoxy groups -OCH3 is 1. The number of nitrogens with one attached hydrogen (secondary N) is 1. The smallest absolute Gasteiger partial charge is 0.417 e. The number of rotatable bonds is 12. The molecule has 1 saturated heterocycles. The number of ether oxygens (including phenoxy) is 3. The van der Waals surface area contributed by atoms with E-state index in [2.05, 4.69) is 5.32 Å². The number of carbonyl (C=O) groups excluding carboxylic acids is 3. The Labute approximate surface area is 255 Å². The Morgan fingerprint density at radius 3 is 2.25 bits per heavy atom. The van der Waals surface area contributed by atoms with E-state index in [0.29, 0.717) is 23.6 Å². The second kappa shape index (κ2) is 14.3. The summed E-state index contributed by atoms with van der Waals surface area (Å²) in [5.41, 5.74) is 3.03. The first kappa shape index (κ1) is 30.3. The van der Waals surface area contributed by atoms with Gasteiger partial charge in [-0.25, -0.2) is 14.1 Å². The van der Waals surface area contributed by atoms with Crippen LogP contribution in [0.2, 0.25) is 0 Å². The zero-order valence-corrected chi connectivity index (χ0v) is 24.2. The van der Waals surface area contributed by atoms with Crippen LogP contribution in [0.25, 0.3) is 0 Å². The zero-order valence-electron chi connectivity index (χ0n) is 24.2. The molecule has 0 bridgehead atoms. The van der Waals surface area contributed by atoms with Crippen molar-refractivity contribution in [3.8, 4) is 5.75 Å². The molecule has 226 valence electrons. The lowest BCUT2D eigenvalue weighted by Gasteiger charge is -2.32. The summed E-state index contributed by atoms with van der Waals surface area (Å²) in [6.07, 6.45) is -0.745. The predicted molar refractivity (Wildman–Crippen MR) is 162 cm³/mol. The number of amides is 2. The Kier molecular flexibility index (Phi) is 9.86. The van der Waals surface area contributed by atoms with Crippen LogP contribution in [-0.4, -0.2) is 36.6 Å². The van der Waals surface area contributed by atoms with Crippen molar-refractivity contribution >= 4 is 23.7 Å². The average Bonchev–Trinajstić information content (AvgIpc) is 3.46. The van der Waals surface area contributed by atoms with Crippen LogP contribution in [0, 0.1) is 11.7 Å². The molecular weight excluding hydrogens is 563 g/mol. The van der Waals surface area contributed by atoms with Gasteiger partial charge in [-0.3, -0.25) is 9.59 Å². The molecule has 3 atom stereocenters. The summed E-state index contributed by atoms with van der Waals surface area (Å²) >= 11 is 0. The molecule has 4 aromatic rings. The van der Waals surface area contributed by atoms with E-state index in [1.165, 1.54) is 19.2 Å². The van der Waals surface area contributed by atoms with Crippen LogP contribution in [0.1, 0.15) is 41.6 Å². The largest absolute Gasteiger partial charge is 0.489 e. The number of nitrogens with zero attached hydrogens (tertiary/aromatic N) is 1. The van der Waals surface area contributed by atoms with Crippen molar-refractivity contribution < 1.29 is 33.0 Å². The molecule has 1 heterocycles. The van der Waals surface area contributed by atoms with E-state index in [9.17, 15) is 18.8 Å². The first-order chi connectivity index (χ1) is 21.4. The fourth-order valence-electron chi connectivity index (χ4n) is 5.23. The summed E-state index contributed by atoms with van der Waals surface area (Å²) in [7, 11) is 1.28. The van der Waals surface area contributed by atoms with Crippen molar-refractivity contribution in [2.45, 2.75) is 31.5 Å². The second-order valence-corrected chi connectivity index (χ2v) is 10.4. The van der Waals surface area contributed by atoms with E-state index in [-0.39, 0.29) is 19.4 Å². The quantitative estimate of drug-likeness (QED) is 0.179. The van der Waals surface area contributed by atoms with E-state index in [4.69, 9.17) is 14.2 Å². The standard InChI is InChI=1S/C35H33FN2O6/c1-42-32(39)21-20-30(34(40)38-31(23-44-35(38)41)25-10-6-3-7-11-25)33(37-28-16-14-27(36)15-17-28)26-12-18-29(19-13-26)43-22-24-8-4-2-5-9-24/h2-19,30-31,33,37H,20-23H2,1H3/t30?,31-,33?/m1/s1. The van der Waals surface area contributed by atoms with Gasteiger partial charge in [-0.05, 0) is 59.5 Å². The van der Waals surface area contributed by atoms with Gasteiger partial charge >= 0.3 is 12.1 Å². The third kappa shape index (κ3) is 7.42.